The topological polar surface area (TPSA) is 67.4 Å². The molecule has 2 N–H and O–H groups in total. The summed E-state index contributed by atoms with van der Waals surface area (Å²) in [7, 11) is 0. The third kappa shape index (κ3) is 3.83. The van der Waals surface area contributed by atoms with Crippen LogP contribution in [0.3, 0.4) is 0 Å². The van der Waals surface area contributed by atoms with Crippen LogP contribution in [0.25, 0.3) is 0 Å². The number of nitrogens with one attached hydrogen (secondary N) is 2. The van der Waals surface area contributed by atoms with Gasteiger partial charge in [-0.2, -0.15) is 0 Å². The van der Waals surface area contributed by atoms with Crippen LogP contribution < -0.4 is 15.4 Å². The summed E-state index contributed by atoms with van der Waals surface area (Å²) in [5.41, 5.74) is 0.524. The Bertz CT molecular complexity index is 899. The summed E-state index contributed by atoms with van der Waals surface area (Å²) >= 11 is 5.62. The molecule has 146 valence electrons. The molecular formula is C21H20ClFN2O3. The lowest BCUT2D eigenvalue weighted by molar-refractivity contribution is -0.150. The van der Waals surface area contributed by atoms with Gasteiger partial charge in [-0.15, -0.1) is 0 Å². The van der Waals surface area contributed by atoms with E-state index in [4.69, 9.17) is 16.3 Å². The van der Waals surface area contributed by atoms with E-state index in [1.54, 1.807) is 0 Å². The Kier molecular flexibility index (Phi) is 4.75. The molecule has 5 rings (SSSR count). The predicted molar refractivity (Wildman–Crippen MR) is 103 cm³/mol. The summed E-state index contributed by atoms with van der Waals surface area (Å²) in [6.07, 6.45) is 2.53. The molecule has 3 saturated carbocycles. The van der Waals surface area contributed by atoms with Crippen LogP contribution in [0.2, 0.25) is 5.02 Å². The molecule has 3 fully saturated rings. The third-order valence-corrected chi connectivity index (χ3v) is 5.61. The molecule has 2 aromatic rings. The number of halogens is 2. The summed E-state index contributed by atoms with van der Waals surface area (Å²) < 4.78 is 18.7. The van der Waals surface area contributed by atoms with Crippen molar-refractivity contribution in [3.05, 3.63) is 64.9 Å². The molecule has 2 amide bonds. The number of benzene rings is 2. The number of ether oxygens (including phenoxy) is 1. The van der Waals surface area contributed by atoms with Gasteiger partial charge < -0.3 is 15.4 Å². The van der Waals surface area contributed by atoms with Crippen molar-refractivity contribution < 1.29 is 18.7 Å². The van der Waals surface area contributed by atoms with E-state index in [-0.39, 0.29) is 40.3 Å². The molecule has 2 bridgehead atoms. The van der Waals surface area contributed by atoms with Gasteiger partial charge in [0, 0.05) is 17.1 Å². The Morgan fingerprint density at radius 2 is 1.64 bits per heavy atom. The quantitative estimate of drug-likeness (QED) is 0.748. The van der Waals surface area contributed by atoms with Crippen molar-refractivity contribution in [1.29, 1.82) is 0 Å². The first kappa shape index (κ1) is 18.7. The molecular weight excluding hydrogens is 383 g/mol. The SMILES string of the molecule is O=C(COc1ccc(Cl)c(F)c1)NC12CC(NC(=O)Cc3ccccc3)(C1)C2. The van der Waals surface area contributed by atoms with E-state index in [0.29, 0.717) is 6.42 Å². The molecule has 0 radical (unpaired) electrons. The first-order chi connectivity index (χ1) is 13.4. The minimum Gasteiger partial charge on any atom is -0.484 e. The average Bonchev–Trinajstić information content (AvgIpc) is 2.60. The van der Waals surface area contributed by atoms with Crippen LogP contribution in [-0.4, -0.2) is 29.5 Å². The van der Waals surface area contributed by atoms with E-state index in [9.17, 15) is 14.0 Å². The third-order valence-electron chi connectivity index (χ3n) is 5.31. The first-order valence-corrected chi connectivity index (χ1v) is 9.49. The summed E-state index contributed by atoms with van der Waals surface area (Å²) in [6, 6.07) is 13.6. The number of amides is 2. The fourth-order valence-electron chi connectivity index (χ4n) is 4.22. The minimum atomic E-state index is -0.591. The minimum absolute atomic E-state index is 0.000995. The second-order valence-electron chi connectivity index (χ2n) is 7.71. The van der Waals surface area contributed by atoms with Crippen LogP contribution >= 0.6 is 11.6 Å². The maximum absolute atomic E-state index is 13.4. The molecule has 0 spiro atoms. The maximum Gasteiger partial charge on any atom is 0.258 e. The zero-order valence-corrected chi connectivity index (χ0v) is 15.9. The van der Waals surface area contributed by atoms with Crippen molar-refractivity contribution in [3.63, 3.8) is 0 Å². The van der Waals surface area contributed by atoms with Crippen LogP contribution in [0.4, 0.5) is 4.39 Å². The van der Waals surface area contributed by atoms with Crippen molar-refractivity contribution in [1.82, 2.24) is 10.6 Å². The second kappa shape index (κ2) is 7.09. The first-order valence-electron chi connectivity index (χ1n) is 9.11. The molecule has 2 aromatic carbocycles. The molecule has 0 saturated heterocycles. The van der Waals surface area contributed by atoms with E-state index in [1.807, 2.05) is 30.3 Å². The van der Waals surface area contributed by atoms with E-state index in [2.05, 4.69) is 10.6 Å². The Balaban J connectivity index is 1.20. The van der Waals surface area contributed by atoms with Gasteiger partial charge in [0.1, 0.15) is 11.6 Å². The Labute approximate surface area is 167 Å². The van der Waals surface area contributed by atoms with E-state index >= 15 is 0 Å². The summed E-state index contributed by atoms with van der Waals surface area (Å²) in [5.74, 6) is -0.607. The lowest BCUT2D eigenvalue weighted by Gasteiger charge is -2.70. The van der Waals surface area contributed by atoms with Gasteiger partial charge in [-0.1, -0.05) is 41.9 Å². The number of rotatable bonds is 7. The average molecular weight is 403 g/mol. The molecule has 3 aliphatic rings. The van der Waals surface area contributed by atoms with Gasteiger partial charge in [-0.25, -0.2) is 4.39 Å². The molecule has 0 aliphatic heterocycles. The zero-order chi connectivity index (χ0) is 19.8. The zero-order valence-electron chi connectivity index (χ0n) is 15.1. The molecule has 3 aliphatic carbocycles. The molecule has 7 heteroatoms. The van der Waals surface area contributed by atoms with E-state index in [1.165, 1.54) is 12.1 Å². The summed E-state index contributed by atoms with van der Waals surface area (Å²) in [4.78, 5) is 24.4. The highest BCUT2D eigenvalue weighted by molar-refractivity contribution is 6.30. The monoisotopic (exact) mass is 402 g/mol. The molecule has 0 unspecified atom stereocenters. The Hall–Kier alpha value is -2.60. The molecule has 5 nitrogen and oxygen atoms in total. The van der Waals surface area contributed by atoms with Crippen molar-refractivity contribution in [2.45, 2.75) is 36.8 Å². The highest BCUT2D eigenvalue weighted by Gasteiger charge is 2.69. The largest absolute Gasteiger partial charge is 0.484 e. The van der Waals surface area contributed by atoms with Crippen LogP contribution in [0.5, 0.6) is 5.75 Å². The highest BCUT2D eigenvalue weighted by atomic mass is 35.5. The standard InChI is InChI=1S/C21H20ClFN2O3/c22-16-7-6-15(9-17(16)23)28-10-19(27)25-21-11-20(12-21,13-21)24-18(26)8-14-4-2-1-3-5-14/h1-7,9H,8,10-13H2,(H,24,26)(H,25,27). The molecule has 0 atom stereocenters. The highest BCUT2D eigenvalue weighted by Crippen LogP contribution is 2.60. The summed E-state index contributed by atoms with van der Waals surface area (Å²) in [6.45, 7) is -0.198. The van der Waals surface area contributed by atoms with Crippen molar-refractivity contribution >= 4 is 23.4 Å². The van der Waals surface area contributed by atoms with Gasteiger partial charge >= 0.3 is 0 Å². The van der Waals surface area contributed by atoms with Crippen LogP contribution in [0, 0.1) is 5.82 Å². The van der Waals surface area contributed by atoms with E-state index < -0.39 is 5.82 Å². The van der Waals surface area contributed by atoms with Gasteiger partial charge in [0.2, 0.25) is 5.91 Å². The lowest BCUT2D eigenvalue weighted by Crippen LogP contribution is -2.84. The van der Waals surface area contributed by atoms with Gasteiger partial charge in [0.15, 0.2) is 6.61 Å². The van der Waals surface area contributed by atoms with E-state index in [0.717, 1.165) is 30.9 Å². The van der Waals surface area contributed by atoms with Crippen LogP contribution in [0.1, 0.15) is 24.8 Å². The summed E-state index contributed by atoms with van der Waals surface area (Å²) in [5, 5.41) is 6.07. The predicted octanol–water partition coefficient (Wildman–Crippen LogP) is 3.01. The van der Waals surface area contributed by atoms with Gasteiger partial charge in [-0.05, 0) is 37.0 Å². The van der Waals surface area contributed by atoms with Crippen molar-refractivity contribution in [2.75, 3.05) is 6.61 Å². The van der Waals surface area contributed by atoms with Gasteiger partial charge in [-0.3, -0.25) is 9.59 Å². The van der Waals surface area contributed by atoms with Crippen LogP contribution in [0.15, 0.2) is 48.5 Å². The molecule has 0 heterocycles. The number of carbonyl (C=O) groups excluding carboxylic acids is 2. The number of hydrogen-bond acceptors (Lipinski definition) is 3. The van der Waals surface area contributed by atoms with Gasteiger partial charge in [0.05, 0.1) is 11.4 Å². The van der Waals surface area contributed by atoms with Gasteiger partial charge in [0.25, 0.3) is 5.91 Å². The fourth-order valence-corrected chi connectivity index (χ4v) is 4.34. The number of hydrogen-bond donors (Lipinski definition) is 2. The Morgan fingerprint density at radius 3 is 2.29 bits per heavy atom. The lowest BCUT2D eigenvalue weighted by atomic mass is 9.44. The Morgan fingerprint density at radius 1 is 1.00 bits per heavy atom. The number of carbonyl (C=O) groups is 2. The van der Waals surface area contributed by atoms with Crippen molar-refractivity contribution in [2.24, 2.45) is 0 Å². The molecule has 28 heavy (non-hydrogen) atoms. The second-order valence-corrected chi connectivity index (χ2v) is 8.12. The maximum atomic E-state index is 13.4. The fraction of sp³-hybridized carbons (Fsp3) is 0.333. The van der Waals surface area contributed by atoms with Crippen LogP contribution in [-0.2, 0) is 16.0 Å². The van der Waals surface area contributed by atoms with Crippen molar-refractivity contribution in [3.8, 4) is 5.75 Å². The smallest absolute Gasteiger partial charge is 0.258 e. The normalized spacial score (nSPS) is 24.5. The molecule has 0 aromatic heterocycles.